The Morgan fingerprint density at radius 1 is 0.870 bits per heavy atom. The summed E-state index contributed by atoms with van der Waals surface area (Å²) in [6.45, 7) is 9.65. The second-order valence-electron chi connectivity index (χ2n) is 10.5. The van der Waals surface area contributed by atoms with E-state index >= 15 is 0 Å². The maximum Gasteiger partial charge on any atom is 0.0622 e. The summed E-state index contributed by atoms with van der Waals surface area (Å²) in [5.74, 6) is 2.81. The molecule has 0 saturated heterocycles. The van der Waals surface area contributed by atoms with E-state index < -0.39 is 0 Å². The Labute approximate surface area is 142 Å². The summed E-state index contributed by atoms with van der Waals surface area (Å²) in [6.07, 6.45) is 9.37. The molecule has 4 aliphatic carbocycles. The van der Waals surface area contributed by atoms with Crippen molar-refractivity contribution < 1.29 is 10.2 Å². The third-order valence-corrected chi connectivity index (χ3v) is 9.62. The lowest BCUT2D eigenvalue weighted by Gasteiger charge is -2.65. The van der Waals surface area contributed by atoms with E-state index in [0.717, 1.165) is 30.6 Å². The van der Waals surface area contributed by atoms with Gasteiger partial charge in [0.1, 0.15) is 0 Å². The predicted octanol–water partition coefficient (Wildman–Crippen LogP) is 4.39. The minimum absolute atomic E-state index is 0.0770. The Morgan fingerprint density at radius 3 is 2.35 bits per heavy atom. The molecule has 0 aromatic heterocycles. The maximum absolute atomic E-state index is 10.8. The van der Waals surface area contributed by atoms with E-state index in [4.69, 9.17) is 0 Å². The summed E-state index contributed by atoms with van der Waals surface area (Å²) in [5, 5.41) is 21.0. The molecular formula is C21H36O2. The van der Waals surface area contributed by atoms with Gasteiger partial charge in [-0.3, -0.25) is 0 Å². The molecule has 9 atom stereocenters. The van der Waals surface area contributed by atoms with Gasteiger partial charge in [0.05, 0.1) is 12.2 Å². The zero-order valence-corrected chi connectivity index (χ0v) is 15.5. The molecule has 0 aromatic rings. The molecule has 0 aliphatic heterocycles. The maximum atomic E-state index is 10.8. The molecule has 23 heavy (non-hydrogen) atoms. The molecule has 0 heterocycles. The fourth-order valence-corrected chi connectivity index (χ4v) is 7.95. The van der Waals surface area contributed by atoms with E-state index in [1.54, 1.807) is 0 Å². The Bertz CT molecular complexity index is 490. The molecule has 4 rings (SSSR count). The number of aliphatic hydroxyl groups excluding tert-OH is 2. The molecular weight excluding hydrogens is 284 g/mol. The van der Waals surface area contributed by atoms with Gasteiger partial charge in [-0.05, 0) is 91.3 Å². The van der Waals surface area contributed by atoms with Crippen molar-refractivity contribution in [3.63, 3.8) is 0 Å². The summed E-state index contributed by atoms with van der Waals surface area (Å²) in [7, 11) is 0. The van der Waals surface area contributed by atoms with Crippen LogP contribution in [0.3, 0.4) is 0 Å². The zero-order valence-electron chi connectivity index (χ0n) is 15.5. The van der Waals surface area contributed by atoms with Gasteiger partial charge in [0, 0.05) is 0 Å². The summed E-state index contributed by atoms with van der Waals surface area (Å²) < 4.78 is 0. The van der Waals surface area contributed by atoms with Crippen LogP contribution in [0, 0.1) is 39.9 Å². The first-order valence-corrected chi connectivity index (χ1v) is 10.1. The van der Waals surface area contributed by atoms with Gasteiger partial charge in [-0.25, -0.2) is 0 Å². The lowest BCUT2D eigenvalue weighted by atomic mass is 9.40. The van der Waals surface area contributed by atoms with Crippen molar-refractivity contribution in [1.82, 2.24) is 0 Å². The highest BCUT2D eigenvalue weighted by molar-refractivity contribution is 5.13. The molecule has 4 fully saturated rings. The first kappa shape index (κ1) is 16.4. The highest BCUT2D eigenvalue weighted by Crippen LogP contribution is 2.70. The van der Waals surface area contributed by atoms with Crippen LogP contribution in [0.15, 0.2) is 0 Å². The molecule has 4 aliphatic rings. The molecule has 4 saturated carbocycles. The molecule has 0 aromatic carbocycles. The average molecular weight is 321 g/mol. The van der Waals surface area contributed by atoms with Gasteiger partial charge >= 0.3 is 0 Å². The van der Waals surface area contributed by atoms with E-state index in [0.29, 0.717) is 16.7 Å². The smallest absolute Gasteiger partial charge is 0.0622 e. The molecule has 0 amide bonds. The number of fused-ring (bicyclic) bond motifs is 5. The lowest BCUT2D eigenvalue weighted by Crippen LogP contribution is -2.58. The van der Waals surface area contributed by atoms with Crippen molar-refractivity contribution in [1.29, 1.82) is 0 Å². The van der Waals surface area contributed by atoms with Gasteiger partial charge in [0.25, 0.3) is 0 Å². The van der Waals surface area contributed by atoms with E-state index in [9.17, 15) is 10.2 Å². The highest BCUT2D eigenvalue weighted by atomic mass is 16.3. The standard InChI is InChI=1S/C21H36O2/c1-13-11-17-15-6-8-19(2)12-14(22)5-10-21(19,4)16(15)7-9-20(17,3)18(13)23/h13-18,22-23H,5-12H2,1-4H3. The molecule has 2 nitrogen and oxygen atoms in total. The molecule has 0 bridgehead atoms. The van der Waals surface area contributed by atoms with Crippen molar-refractivity contribution in [3.8, 4) is 0 Å². The van der Waals surface area contributed by atoms with Gasteiger partial charge in [0.15, 0.2) is 0 Å². The third kappa shape index (κ3) is 2.00. The molecule has 2 N–H and O–H groups in total. The monoisotopic (exact) mass is 320 g/mol. The van der Waals surface area contributed by atoms with Crippen LogP contribution in [0.1, 0.15) is 79.1 Å². The van der Waals surface area contributed by atoms with Crippen LogP contribution in [0.5, 0.6) is 0 Å². The normalized spacial score (nSPS) is 62.3. The van der Waals surface area contributed by atoms with Crippen LogP contribution >= 0.6 is 0 Å². The quantitative estimate of drug-likeness (QED) is 0.695. The van der Waals surface area contributed by atoms with Gasteiger partial charge in [-0.15, -0.1) is 0 Å². The van der Waals surface area contributed by atoms with Crippen LogP contribution in [-0.4, -0.2) is 22.4 Å². The van der Waals surface area contributed by atoms with Crippen LogP contribution in [0.2, 0.25) is 0 Å². The predicted molar refractivity (Wildman–Crippen MR) is 92.9 cm³/mol. The number of aliphatic hydroxyl groups is 2. The third-order valence-electron chi connectivity index (χ3n) is 9.62. The molecule has 0 spiro atoms. The van der Waals surface area contributed by atoms with E-state index in [-0.39, 0.29) is 17.6 Å². The fourth-order valence-electron chi connectivity index (χ4n) is 7.95. The lowest BCUT2D eigenvalue weighted by molar-refractivity contribution is -0.173. The van der Waals surface area contributed by atoms with Gasteiger partial charge in [-0.2, -0.15) is 0 Å². The van der Waals surface area contributed by atoms with Crippen LogP contribution in [0.4, 0.5) is 0 Å². The van der Waals surface area contributed by atoms with Crippen LogP contribution < -0.4 is 0 Å². The van der Waals surface area contributed by atoms with Gasteiger partial charge < -0.3 is 10.2 Å². The van der Waals surface area contributed by atoms with Crippen molar-refractivity contribution in [2.24, 2.45) is 39.9 Å². The topological polar surface area (TPSA) is 40.5 Å². The Morgan fingerprint density at radius 2 is 1.61 bits per heavy atom. The van der Waals surface area contributed by atoms with Crippen molar-refractivity contribution in [3.05, 3.63) is 0 Å². The minimum Gasteiger partial charge on any atom is -0.393 e. The van der Waals surface area contributed by atoms with Crippen LogP contribution in [0.25, 0.3) is 0 Å². The number of hydrogen-bond acceptors (Lipinski definition) is 2. The Balaban J connectivity index is 1.67. The van der Waals surface area contributed by atoms with Crippen molar-refractivity contribution in [2.45, 2.75) is 91.3 Å². The van der Waals surface area contributed by atoms with Gasteiger partial charge in [0.2, 0.25) is 0 Å². The molecule has 9 unspecified atom stereocenters. The summed E-state index contributed by atoms with van der Waals surface area (Å²) in [5.41, 5.74) is 0.883. The number of rotatable bonds is 0. The highest BCUT2D eigenvalue weighted by Gasteiger charge is 2.64. The molecule has 0 radical (unpaired) electrons. The van der Waals surface area contributed by atoms with Crippen LogP contribution in [-0.2, 0) is 0 Å². The van der Waals surface area contributed by atoms with Crippen molar-refractivity contribution >= 4 is 0 Å². The summed E-state index contributed by atoms with van der Waals surface area (Å²) in [6, 6.07) is 0. The average Bonchev–Trinajstić information content (AvgIpc) is 2.72. The Hall–Kier alpha value is -0.0800. The summed E-state index contributed by atoms with van der Waals surface area (Å²) >= 11 is 0. The van der Waals surface area contributed by atoms with E-state index in [2.05, 4.69) is 27.7 Å². The zero-order chi connectivity index (χ0) is 16.6. The number of hydrogen-bond donors (Lipinski definition) is 2. The first-order chi connectivity index (χ1) is 10.7. The minimum atomic E-state index is -0.0947. The first-order valence-electron chi connectivity index (χ1n) is 10.1. The van der Waals surface area contributed by atoms with E-state index in [1.807, 2.05) is 0 Å². The van der Waals surface area contributed by atoms with Gasteiger partial charge in [-0.1, -0.05) is 27.7 Å². The largest absolute Gasteiger partial charge is 0.393 e. The summed E-state index contributed by atoms with van der Waals surface area (Å²) in [4.78, 5) is 0. The molecule has 2 heteroatoms. The van der Waals surface area contributed by atoms with Crippen molar-refractivity contribution in [2.75, 3.05) is 0 Å². The Kier molecular flexibility index (Phi) is 3.54. The SMILES string of the molecule is CC1CC2C3CCC4(C)CC(O)CCC4(C)C3CCC2(C)C1O. The molecule has 132 valence electrons. The second kappa shape index (κ2) is 4.97. The second-order valence-corrected chi connectivity index (χ2v) is 10.5. The van der Waals surface area contributed by atoms with E-state index in [1.165, 1.54) is 38.5 Å². The fraction of sp³-hybridized carbons (Fsp3) is 1.00.